The van der Waals surface area contributed by atoms with E-state index in [9.17, 15) is 0 Å². The predicted octanol–water partition coefficient (Wildman–Crippen LogP) is 3.68. The lowest BCUT2D eigenvalue weighted by atomic mass is 10.2. The largest absolute Gasteiger partial charge is 0.378 e. The number of hydrogen-bond acceptors (Lipinski definition) is 2. The molecule has 2 aromatic rings. The second-order valence-corrected chi connectivity index (χ2v) is 5.25. The van der Waals surface area contributed by atoms with Crippen LogP contribution in [0.2, 0.25) is 0 Å². The van der Waals surface area contributed by atoms with Gasteiger partial charge in [0, 0.05) is 27.6 Å². The van der Waals surface area contributed by atoms with Crippen LogP contribution in [0.25, 0.3) is 0 Å². The molecule has 3 nitrogen and oxygen atoms in total. The third kappa shape index (κ3) is 3.21. The summed E-state index contributed by atoms with van der Waals surface area (Å²) in [6.45, 7) is 5.15. The van der Waals surface area contributed by atoms with Crippen molar-refractivity contribution >= 4 is 28.3 Å². The number of nitrogens with one attached hydrogen (secondary N) is 1. The molecule has 1 atom stereocenters. The molecule has 0 aliphatic carbocycles. The smallest absolute Gasteiger partial charge is 0.0542 e. The third-order valence-corrected chi connectivity index (χ3v) is 3.42. The number of benzene rings is 1. The number of nitrogens with zero attached hydrogens (tertiary/aromatic N) is 2. The highest BCUT2D eigenvalue weighted by atomic mass is 127. The zero-order valence-corrected chi connectivity index (χ0v) is 12.2. The van der Waals surface area contributed by atoms with Crippen molar-refractivity contribution < 1.29 is 0 Å². The molecular formula is C13H16IN3. The monoisotopic (exact) mass is 341 g/mol. The summed E-state index contributed by atoms with van der Waals surface area (Å²) >= 11 is 2.31. The molecule has 1 N–H and O–H groups in total. The molecule has 4 heteroatoms. The Morgan fingerprint density at radius 3 is 2.65 bits per heavy atom. The average Bonchev–Trinajstić information content (AvgIpc) is 2.81. The first-order valence-electron chi connectivity index (χ1n) is 5.73. The van der Waals surface area contributed by atoms with E-state index in [4.69, 9.17) is 0 Å². The Hall–Kier alpha value is -1.04. The van der Waals surface area contributed by atoms with E-state index in [1.54, 1.807) is 0 Å². The Balaban J connectivity index is 2.05. The average molecular weight is 341 g/mol. The van der Waals surface area contributed by atoms with Crippen molar-refractivity contribution in [1.82, 2.24) is 9.78 Å². The second kappa shape index (κ2) is 5.53. The molecule has 0 spiro atoms. The van der Waals surface area contributed by atoms with Crippen LogP contribution in [0, 0.1) is 3.57 Å². The van der Waals surface area contributed by atoms with Crippen LogP contribution >= 0.6 is 22.6 Å². The lowest BCUT2D eigenvalue weighted by Crippen LogP contribution is -2.05. The highest BCUT2D eigenvalue weighted by molar-refractivity contribution is 14.1. The number of hydrogen-bond donors (Lipinski definition) is 1. The van der Waals surface area contributed by atoms with Gasteiger partial charge in [-0.25, -0.2) is 0 Å². The van der Waals surface area contributed by atoms with E-state index in [1.165, 1.54) is 9.13 Å². The SMILES string of the molecule is CCn1cc(C(C)Nc2ccc(I)cc2)cn1. The molecule has 0 aliphatic rings. The molecule has 0 fully saturated rings. The molecule has 1 aromatic heterocycles. The summed E-state index contributed by atoms with van der Waals surface area (Å²) < 4.78 is 3.20. The molecule has 1 heterocycles. The first-order chi connectivity index (χ1) is 8.19. The van der Waals surface area contributed by atoms with Crippen LogP contribution in [-0.2, 0) is 6.54 Å². The van der Waals surface area contributed by atoms with Crippen molar-refractivity contribution in [1.29, 1.82) is 0 Å². The van der Waals surface area contributed by atoms with E-state index in [2.05, 4.69) is 77.3 Å². The molecule has 0 bridgehead atoms. The predicted molar refractivity (Wildman–Crippen MR) is 79.1 cm³/mol. The summed E-state index contributed by atoms with van der Waals surface area (Å²) in [4.78, 5) is 0. The molecule has 0 saturated heterocycles. The van der Waals surface area contributed by atoms with Crippen molar-refractivity contribution in [2.75, 3.05) is 5.32 Å². The molecule has 0 aliphatic heterocycles. The van der Waals surface area contributed by atoms with Gasteiger partial charge in [0.1, 0.15) is 0 Å². The summed E-state index contributed by atoms with van der Waals surface area (Å²) in [5, 5.41) is 7.75. The van der Waals surface area contributed by atoms with Crippen LogP contribution in [0.5, 0.6) is 0 Å². The van der Waals surface area contributed by atoms with Crippen LogP contribution in [0.3, 0.4) is 0 Å². The fraction of sp³-hybridized carbons (Fsp3) is 0.308. The molecule has 0 radical (unpaired) electrons. The molecule has 90 valence electrons. The fourth-order valence-electron chi connectivity index (χ4n) is 1.66. The van der Waals surface area contributed by atoms with E-state index in [-0.39, 0.29) is 6.04 Å². The van der Waals surface area contributed by atoms with E-state index in [0.717, 1.165) is 12.2 Å². The molecular weight excluding hydrogens is 325 g/mol. The maximum Gasteiger partial charge on any atom is 0.0542 e. The Labute approximate surface area is 115 Å². The molecule has 2 rings (SSSR count). The topological polar surface area (TPSA) is 29.9 Å². The van der Waals surface area contributed by atoms with Gasteiger partial charge in [-0.1, -0.05) is 0 Å². The zero-order valence-electron chi connectivity index (χ0n) is 10.0. The van der Waals surface area contributed by atoms with E-state index in [0.29, 0.717) is 0 Å². The number of rotatable bonds is 4. The Kier molecular flexibility index (Phi) is 4.04. The minimum Gasteiger partial charge on any atom is -0.378 e. The van der Waals surface area contributed by atoms with Crippen LogP contribution < -0.4 is 5.32 Å². The Morgan fingerprint density at radius 2 is 2.06 bits per heavy atom. The van der Waals surface area contributed by atoms with E-state index < -0.39 is 0 Å². The van der Waals surface area contributed by atoms with Crippen LogP contribution in [0.15, 0.2) is 36.7 Å². The van der Waals surface area contributed by atoms with Crippen molar-refractivity contribution in [2.24, 2.45) is 0 Å². The van der Waals surface area contributed by atoms with Crippen molar-refractivity contribution in [3.05, 3.63) is 45.8 Å². The quantitative estimate of drug-likeness (QED) is 0.860. The first-order valence-corrected chi connectivity index (χ1v) is 6.81. The van der Waals surface area contributed by atoms with Gasteiger partial charge in [0.2, 0.25) is 0 Å². The van der Waals surface area contributed by atoms with Gasteiger partial charge in [-0.3, -0.25) is 4.68 Å². The molecule has 1 unspecified atom stereocenters. The minimum absolute atomic E-state index is 0.273. The van der Waals surface area contributed by atoms with Crippen molar-refractivity contribution in [3.63, 3.8) is 0 Å². The number of anilines is 1. The standard InChI is InChI=1S/C13H16IN3/c1-3-17-9-11(8-15-17)10(2)16-13-6-4-12(14)5-7-13/h4-10,16H,3H2,1-2H3. The Morgan fingerprint density at radius 1 is 1.35 bits per heavy atom. The minimum atomic E-state index is 0.273. The van der Waals surface area contributed by atoms with Gasteiger partial charge < -0.3 is 5.32 Å². The van der Waals surface area contributed by atoms with Gasteiger partial charge in [0.25, 0.3) is 0 Å². The van der Waals surface area contributed by atoms with Gasteiger partial charge in [0.15, 0.2) is 0 Å². The van der Waals surface area contributed by atoms with Gasteiger partial charge in [-0.05, 0) is 60.7 Å². The number of aromatic nitrogens is 2. The molecule has 17 heavy (non-hydrogen) atoms. The summed E-state index contributed by atoms with van der Waals surface area (Å²) in [5.74, 6) is 0. The highest BCUT2D eigenvalue weighted by Gasteiger charge is 2.07. The number of halogens is 1. The fourth-order valence-corrected chi connectivity index (χ4v) is 2.02. The maximum atomic E-state index is 4.29. The van der Waals surface area contributed by atoms with Crippen molar-refractivity contribution in [3.8, 4) is 0 Å². The zero-order chi connectivity index (χ0) is 12.3. The van der Waals surface area contributed by atoms with E-state index >= 15 is 0 Å². The third-order valence-electron chi connectivity index (χ3n) is 2.70. The molecule has 1 aromatic carbocycles. The summed E-state index contributed by atoms with van der Waals surface area (Å²) in [6, 6.07) is 8.68. The summed E-state index contributed by atoms with van der Waals surface area (Å²) in [5.41, 5.74) is 2.35. The lowest BCUT2D eigenvalue weighted by molar-refractivity contribution is 0.658. The normalized spacial score (nSPS) is 12.4. The van der Waals surface area contributed by atoms with Crippen molar-refractivity contribution in [2.45, 2.75) is 26.4 Å². The summed E-state index contributed by atoms with van der Waals surface area (Å²) in [7, 11) is 0. The van der Waals surface area contributed by atoms with E-state index in [1.807, 2.05) is 10.9 Å². The van der Waals surface area contributed by atoms with Gasteiger partial charge >= 0.3 is 0 Å². The lowest BCUT2D eigenvalue weighted by Gasteiger charge is -2.13. The van der Waals surface area contributed by atoms with Crippen LogP contribution in [0.1, 0.15) is 25.5 Å². The van der Waals surface area contributed by atoms with Crippen LogP contribution in [0.4, 0.5) is 5.69 Å². The first kappa shape index (κ1) is 12.4. The van der Waals surface area contributed by atoms with Gasteiger partial charge in [-0.15, -0.1) is 0 Å². The number of aryl methyl sites for hydroxylation is 1. The molecule has 0 saturated carbocycles. The maximum absolute atomic E-state index is 4.29. The second-order valence-electron chi connectivity index (χ2n) is 4.00. The van der Waals surface area contributed by atoms with Gasteiger partial charge in [-0.2, -0.15) is 5.10 Å². The van der Waals surface area contributed by atoms with Crippen LogP contribution in [-0.4, -0.2) is 9.78 Å². The van der Waals surface area contributed by atoms with Gasteiger partial charge in [0.05, 0.1) is 12.2 Å². The Bertz CT molecular complexity index is 476. The molecule has 0 amide bonds. The highest BCUT2D eigenvalue weighted by Crippen LogP contribution is 2.19. The summed E-state index contributed by atoms with van der Waals surface area (Å²) in [6.07, 6.45) is 4.01.